The van der Waals surface area contributed by atoms with Crippen molar-refractivity contribution in [3.63, 3.8) is 0 Å². The van der Waals surface area contributed by atoms with E-state index in [0.717, 1.165) is 13.0 Å². The Bertz CT molecular complexity index is 79.3. The van der Waals surface area contributed by atoms with Crippen LogP contribution in [-0.2, 0) is 0 Å². The highest BCUT2D eigenvalue weighted by Gasteiger charge is 2.02. The molecule has 10 heavy (non-hydrogen) atoms. The van der Waals surface area contributed by atoms with Gasteiger partial charge in [-0.05, 0) is 40.8 Å². The van der Waals surface area contributed by atoms with Gasteiger partial charge >= 0.3 is 0 Å². The average molecular weight is 144 g/mol. The van der Waals surface area contributed by atoms with Crippen LogP contribution in [-0.4, -0.2) is 30.6 Å². The number of nitrogens with two attached hydrogens (primary N) is 1. The Balaban J connectivity index is 3.30. The summed E-state index contributed by atoms with van der Waals surface area (Å²) in [6.45, 7) is 7.55. The predicted octanol–water partition coefficient (Wildman–Crippen LogP) is 1.06. The first kappa shape index (κ1) is 9.92. The Morgan fingerprint density at radius 2 is 1.80 bits per heavy atom. The summed E-state index contributed by atoms with van der Waals surface area (Å²) in [5, 5.41) is 0. The lowest BCUT2D eigenvalue weighted by atomic mass is 10.2. The van der Waals surface area contributed by atoms with Crippen molar-refractivity contribution in [2.45, 2.75) is 39.3 Å². The molecular weight excluding hydrogens is 124 g/mol. The van der Waals surface area contributed by atoms with Crippen LogP contribution in [0.1, 0.15) is 27.2 Å². The molecule has 0 saturated heterocycles. The van der Waals surface area contributed by atoms with Crippen LogP contribution in [0.15, 0.2) is 0 Å². The number of hydrogen-bond donors (Lipinski definition) is 1. The summed E-state index contributed by atoms with van der Waals surface area (Å²) in [7, 11) is 2.13. The Morgan fingerprint density at radius 3 is 2.10 bits per heavy atom. The topological polar surface area (TPSA) is 29.3 Å². The highest BCUT2D eigenvalue weighted by molar-refractivity contribution is 4.60. The van der Waals surface area contributed by atoms with Crippen LogP contribution in [0.4, 0.5) is 0 Å². The van der Waals surface area contributed by atoms with E-state index in [1.165, 1.54) is 0 Å². The summed E-state index contributed by atoms with van der Waals surface area (Å²) >= 11 is 0. The third-order valence-corrected chi connectivity index (χ3v) is 1.82. The zero-order valence-corrected chi connectivity index (χ0v) is 7.59. The van der Waals surface area contributed by atoms with Gasteiger partial charge in [-0.1, -0.05) is 0 Å². The summed E-state index contributed by atoms with van der Waals surface area (Å²) in [5.74, 6) is 0. The van der Waals surface area contributed by atoms with E-state index in [4.69, 9.17) is 5.73 Å². The van der Waals surface area contributed by atoms with Gasteiger partial charge in [0.2, 0.25) is 0 Å². The van der Waals surface area contributed by atoms with Crippen molar-refractivity contribution in [1.82, 2.24) is 4.90 Å². The maximum atomic E-state index is 5.61. The van der Waals surface area contributed by atoms with Crippen molar-refractivity contribution in [1.29, 1.82) is 0 Å². The van der Waals surface area contributed by atoms with E-state index in [9.17, 15) is 0 Å². The highest BCUT2D eigenvalue weighted by Crippen LogP contribution is 1.96. The van der Waals surface area contributed by atoms with Gasteiger partial charge in [-0.25, -0.2) is 0 Å². The van der Waals surface area contributed by atoms with Gasteiger partial charge in [-0.15, -0.1) is 0 Å². The zero-order chi connectivity index (χ0) is 8.15. The third kappa shape index (κ3) is 4.77. The molecule has 0 bridgehead atoms. The van der Waals surface area contributed by atoms with E-state index in [2.05, 4.69) is 25.8 Å². The quantitative estimate of drug-likeness (QED) is 0.639. The standard InChI is InChI=1S/C8H20N2/c1-7(2)10(4)6-5-8(3)9/h7-8H,5-6,9H2,1-4H3/t8-/m1/s1. The summed E-state index contributed by atoms with van der Waals surface area (Å²) in [5.41, 5.74) is 5.61. The Kier molecular flexibility index (Phi) is 4.65. The SMILES string of the molecule is CC(C)N(C)CC[C@@H](C)N. The van der Waals surface area contributed by atoms with Gasteiger partial charge in [0.25, 0.3) is 0 Å². The Hall–Kier alpha value is -0.0800. The molecule has 0 spiro atoms. The van der Waals surface area contributed by atoms with Crippen LogP contribution in [0.2, 0.25) is 0 Å². The molecule has 0 saturated carbocycles. The molecular formula is C8H20N2. The van der Waals surface area contributed by atoms with Crippen molar-refractivity contribution in [2.24, 2.45) is 5.73 Å². The van der Waals surface area contributed by atoms with Gasteiger partial charge in [-0.3, -0.25) is 0 Å². The van der Waals surface area contributed by atoms with Crippen molar-refractivity contribution in [2.75, 3.05) is 13.6 Å². The van der Waals surface area contributed by atoms with E-state index < -0.39 is 0 Å². The second-order valence-electron chi connectivity index (χ2n) is 3.34. The van der Waals surface area contributed by atoms with Gasteiger partial charge in [0.15, 0.2) is 0 Å². The monoisotopic (exact) mass is 144 g/mol. The van der Waals surface area contributed by atoms with Gasteiger partial charge in [0.05, 0.1) is 0 Å². The highest BCUT2D eigenvalue weighted by atomic mass is 15.1. The van der Waals surface area contributed by atoms with Crippen molar-refractivity contribution >= 4 is 0 Å². The third-order valence-electron chi connectivity index (χ3n) is 1.82. The lowest BCUT2D eigenvalue weighted by molar-refractivity contribution is 0.265. The molecule has 0 fully saturated rings. The molecule has 2 N–H and O–H groups in total. The number of hydrogen-bond acceptors (Lipinski definition) is 2. The maximum Gasteiger partial charge on any atom is 0.00355 e. The molecule has 0 unspecified atom stereocenters. The summed E-state index contributed by atoms with van der Waals surface area (Å²) in [6.07, 6.45) is 1.09. The molecule has 1 atom stereocenters. The second-order valence-corrected chi connectivity index (χ2v) is 3.34. The van der Waals surface area contributed by atoms with Crippen LogP contribution >= 0.6 is 0 Å². The lowest BCUT2D eigenvalue weighted by Crippen LogP contribution is -2.30. The van der Waals surface area contributed by atoms with Gasteiger partial charge in [0.1, 0.15) is 0 Å². The van der Waals surface area contributed by atoms with E-state index in [0.29, 0.717) is 12.1 Å². The minimum atomic E-state index is 0.334. The van der Waals surface area contributed by atoms with Crippen LogP contribution in [0, 0.1) is 0 Å². The first-order valence-electron chi connectivity index (χ1n) is 4.00. The molecule has 0 aromatic rings. The fourth-order valence-corrected chi connectivity index (χ4v) is 0.665. The normalized spacial score (nSPS) is 14.7. The molecule has 0 aliphatic rings. The molecule has 0 aliphatic carbocycles. The van der Waals surface area contributed by atoms with Crippen LogP contribution in [0.3, 0.4) is 0 Å². The number of nitrogens with zero attached hydrogens (tertiary/aromatic N) is 1. The van der Waals surface area contributed by atoms with E-state index in [-0.39, 0.29) is 0 Å². The minimum Gasteiger partial charge on any atom is -0.328 e. The van der Waals surface area contributed by atoms with E-state index >= 15 is 0 Å². The molecule has 0 aromatic heterocycles. The van der Waals surface area contributed by atoms with Crippen molar-refractivity contribution in [3.8, 4) is 0 Å². The fourth-order valence-electron chi connectivity index (χ4n) is 0.665. The van der Waals surface area contributed by atoms with Crippen molar-refractivity contribution < 1.29 is 0 Å². The summed E-state index contributed by atoms with van der Waals surface area (Å²) in [6, 6.07) is 0.972. The maximum absolute atomic E-state index is 5.61. The fraction of sp³-hybridized carbons (Fsp3) is 1.00. The molecule has 0 heterocycles. The molecule has 62 valence electrons. The van der Waals surface area contributed by atoms with Crippen LogP contribution in [0.25, 0.3) is 0 Å². The second kappa shape index (κ2) is 4.69. The first-order valence-corrected chi connectivity index (χ1v) is 4.00. The lowest BCUT2D eigenvalue weighted by Gasteiger charge is -2.21. The molecule has 2 heteroatoms. The van der Waals surface area contributed by atoms with E-state index in [1.54, 1.807) is 0 Å². The largest absolute Gasteiger partial charge is 0.328 e. The molecule has 0 aliphatic heterocycles. The molecule has 0 rings (SSSR count). The van der Waals surface area contributed by atoms with Gasteiger partial charge < -0.3 is 10.6 Å². The molecule has 0 amide bonds. The summed E-state index contributed by atoms with van der Waals surface area (Å²) < 4.78 is 0. The Labute approximate surface area is 64.4 Å². The summed E-state index contributed by atoms with van der Waals surface area (Å²) in [4.78, 5) is 2.31. The smallest absolute Gasteiger partial charge is 0.00355 e. The van der Waals surface area contributed by atoms with Gasteiger partial charge in [0, 0.05) is 12.1 Å². The van der Waals surface area contributed by atoms with Crippen molar-refractivity contribution in [3.05, 3.63) is 0 Å². The zero-order valence-electron chi connectivity index (χ0n) is 7.59. The molecule has 2 nitrogen and oxygen atoms in total. The van der Waals surface area contributed by atoms with Crippen LogP contribution < -0.4 is 5.73 Å². The first-order chi connectivity index (χ1) is 4.54. The molecule has 0 aromatic carbocycles. The van der Waals surface area contributed by atoms with E-state index in [1.807, 2.05) is 6.92 Å². The minimum absolute atomic E-state index is 0.334. The Morgan fingerprint density at radius 1 is 1.30 bits per heavy atom. The average Bonchev–Trinajstić information content (AvgIpc) is 1.82. The van der Waals surface area contributed by atoms with Gasteiger partial charge in [-0.2, -0.15) is 0 Å². The predicted molar refractivity (Wildman–Crippen MR) is 46.0 cm³/mol. The van der Waals surface area contributed by atoms with Crippen LogP contribution in [0.5, 0.6) is 0 Å². The molecule has 0 radical (unpaired) electrons. The number of rotatable bonds is 4.